The first kappa shape index (κ1) is 13.2. The number of thiazole rings is 1. The van der Waals surface area contributed by atoms with Crippen LogP contribution in [0.15, 0.2) is 11.4 Å². The lowest BCUT2D eigenvalue weighted by molar-refractivity contribution is 0.0788. The minimum absolute atomic E-state index is 0.0712. The van der Waals surface area contributed by atoms with Crippen LogP contribution in [0.25, 0.3) is 0 Å². The van der Waals surface area contributed by atoms with Crippen LogP contribution in [0.5, 0.6) is 0 Å². The van der Waals surface area contributed by atoms with E-state index in [1.807, 2.05) is 39.3 Å². The lowest BCUT2D eigenvalue weighted by atomic mass is 10.2. The summed E-state index contributed by atoms with van der Waals surface area (Å²) < 4.78 is 0. The summed E-state index contributed by atoms with van der Waals surface area (Å²) >= 11 is 3.17. The molecule has 0 N–H and O–H groups in total. The molecule has 0 radical (unpaired) electrons. The number of hydrogen-bond donors (Lipinski definition) is 0. The summed E-state index contributed by atoms with van der Waals surface area (Å²) in [5.74, 6) is 0.0712. The molecular weight excluding hydrogens is 264 g/mol. The largest absolute Gasteiger partial charge is 0.335 e. The number of thiophene rings is 1. The fourth-order valence-corrected chi connectivity index (χ4v) is 3.29. The molecule has 0 aliphatic carbocycles. The summed E-state index contributed by atoms with van der Waals surface area (Å²) in [6.07, 6.45) is 0. The highest BCUT2D eigenvalue weighted by Gasteiger charge is 2.16. The van der Waals surface area contributed by atoms with Crippen LogP contribution >= 0.6 is 22.7 Å². The number of aryl methyl sites for hydroxylation is 3. The number of amides is 1. The molecule has 0 aliphatic heterocycles. The second-order valence-corrected chi connectivity index (χ2v) is 6.69. The molecule has 0 bridgehead atoms. The van der Waals surface area contributed by atoms with E-state index in [4.69, 9.17) is 0 Å². The Bertz CT molecular complexity index is 552. The number of carbonyl (C=O) groups excluding carboxylic acids is 1. The second-order valence-electron chi connectivity index (χ2n) is 4.37. The number of hydrogen-bond acceptors (Lipinski definition) is 4. The van der Waals surface area contributed by atoms with E-state index in [0.717, 1.165) is 15.6 Å². The van der Waals surface area contributed by atoms with Crippen LogP contribution in [-0.2, 0) is 6.54 Å². The third-order valence-electron chi connectivity index (χ3n) is 2.79. The van der Waals surface area contributed by atoms with Crippen molar-refractivity contribution >= 4 is 28.6 Å². The van der Waals surface area contributed by atoms with Crippen molar-refractivity contribution in [2.24, 2.45) is 0 Å². The predicted molar refractivity (Wildman–Crippen MR) is 76.4 cm³/mol. The summed E-state index contributed by atoms with van der Waals surface area (Å²) in [6, 6.07) is 1.96. The normalized spacial score (nSPS) is 10.7. The van der Waals surface area contributed by atoms with Crippen molar-refractivity contribution in [1.29, 1.82) is 0 Å². The number of aromatic nitrogens is 1. The number of nitrogens with zero attached hydrogens (tertiary/aromatic N) is 2. The molecular formula is C13H16N2OS2. The fourth-order valence-electron chi connectivity index (χ4n) is 1.66. The molecule has 0 saturated carbocycles. The molecule has 0 saturated heterocycles. The minimum atomic E-state index is 0.0712. The van der Waals surface area contributed by atoms with E-state index in [1.54, 1.807) is 27.6 Å². The van der Waals surface area contributed by atoms with Crippen LogP contribution in [0.1, 0.15) is 30.8 Å². The van der Waals surface area contributed by atoms with E-state index in [2.05, 4.69) is 4.98 Å². The fraction of sp³-hybridized carbons (Fsp3) is 0.385. The smallest absolute Gasteiger partial charge is 0.264 e. The van der Waals surface area contributed by atoms with Crippen LogP contribution in [0.3, 0.4) is 0 Å². The second kappa shape index (κ2) is 5.20. The third kappa shape index (κ3) is 2.79. The average Bonchev–Trinajstić information content (AvgIpc) is 2.85. The van der Waals surface area contributed by atoms with Gasteiger partial charge < -0.3 is 4.90 Å². The summed E-state index contributed by atoms with van der Waals surface area (Å²) in [7, 11) is 1.82. The summed E-state index contributed by atoms with van der Waals surface area (Å²) in [5.41, 5.74) is 2.14. The highest BCUT2D eigenvalue weighted by atomic mass is 32.1. The van der Waals surface area contributed by atoms with Gasteiger partial charge in [-0.15, -0.1) is 22.7 Å². The van der Waals surface area contributed by atoms with Gasteiger partial charge in [-0.05, 0) is 32.4 Å². The Morgan fingerprint density at radius 2 is 2.11 bits per heavy atom. The van der Waals surface area contributed by atoms with Crippen molar-refractivity contribution in [2.45, 2.75) is 27.3 Å². The summed E-state index contributed by atoms with van der Waals surface area (Å²) in [6.45, 7) is 6.62. The Balaban J connectivity index is 2.09. The molecule has 0 unspecified atom stereocenters. The van der Waals surface area contributed by atoms with E-state index < -0.39 is 0 Å². The van der Waals surface area contributed by atoms with Gasteiger partial charge in [-0.2, -0.15) is 0 Å². The molecule has 96 valence electrons. The zero-order valence-electron chi connectivity index (χ0n) is 11.0. The van der Waals surface area contributed by atoms with Gasteiger partial charge in [-0.3, -0.25) is 4.79 Å². The zero-order valence-corrected chi connectivity index (χ0v) is 12.6. The molecule has 0 aromatic carbocycles. The molecule has 0 aliphatic rings. The van der Waals surface area contributed by atoms with Crippen LogP contribution in [0, 0.1) is 20.8 Å². The first-order valence-corrected chi connectivity index (χ1v) is 7.40. The maximum absolute atomic E-state index is 12.2. The van der Waals surface area contributed by atoms with Crippen LogP contribution in [0.4, 0.5) is 0 Å². The van der Waals surface area contributed by atoms with Crippen molar-refractivity contribution < 1.29 is 4.79 Å². The van der Waals surface area contributed by atoms with Crippen LogP contribution in [0.2, 0.25) is 0 Å². The molecule has 0 atom stereocenters. The topological polar surface area (TPSA) is 33.2 Å². The molecule has 2 heterocycles. The lowest BCUT2D eigenvalue weighted by Crippen LogP contribution is -2.25. The SMILES string of the molecule is Cc1nc(CN(C)C(=O)c2cc(C)c(C)s2)cs1. The van der Waals surface area contributed by atoms with Gasteiger partial charge in [0, 0.05) is 17.3 Å². The van der Waals surface area contributed by atoms with Gasteiger partial charge in [0.2, 0.25) is 0 Å². The van der Waals surface area contributed by atoms with Gasteiger partial charge in [0.15, 0.2) is 0 Å². The summed E-state index contributed by atoms with van der Waals surface area (Å²) in [4.78, 5) is 20.3. The van der Waals surface area contributed by atoms with Crippen molar-refractivity contribution in [3.8, 4) is 0 Å². The van der Waals surface area contributed by atoms with E-state index >= 15 is 0 Å². The highest BCUT2D eigenvalue weighted by molar-refractivity contribution is 7.14. The highest BCUT2D eigenvalue weighted by Crippen LogP contribution is 2.22. The molecule has 18 heavy (non-hydrogen) atoms. The van der Waals surface area contributed by atoms with Crippen molar-refractivity contribution in [2.75, 3.05) is 7.05 Å². The molecule has 5 heteroatoms. The molecule has 1 amide bonds. The minimum Gasteiger partial charge on any atom is -0.335 e. The van der Waals surface area contributed by atoms with Gasteiger partial charge in [0.05, 0.1) is 22.1 Å². The molecule has 2 aromatic rings. The predicted octanol–water partition coefficient (Wildman–Crippen LogP) is 3.40. The third-order valence-corrected chi connectivity index (χ3v) is 4.75. The summed E-state index contributed by atoms with van der Waals surface area (Å²) in [5, 5.41) is 3.04. The lowest BCUT2D eigenvalue weighted by Gasteiger charge is -2.14. The molecule has 0 spiro atoms. The van der Waals surface area contributed by atoms with Gasteiger partial charge in [-0.25, -0.2) is 4.98 Å². The molecule has 2 rings (SSSR count). The van der Waals surface area contributed by atoms with Crippen molar-refractivity contribution in [1.82, 2.24) is 9.88 Å². The maximum atomic E-state index is 12.2. The Morgan fingerprint density at radius 1 is 1.39 bits per heavy atom. The average molecular weight is 280 g/mol. The number of carbonyl (C=O) groups is 1. The van der Waals surface area contributed by atoms with Gasteiger partial charge in [0.25, 0.3) is 5.91 Å². The van der Waals surface area contributed by atoms with Gasteiger partial charge >= 0.3 is 0 Å². The first-order valence-electron chi connectivity index (χ1n) is 5.71. The Hall–Kier alpha value is -1.20. The van der Waals surface area contributed by atoms with Gasteiger partial charge in [0.1, 0.15) is 0 Å². The van der Waals surface area contributed by atoms with E-state index in [1.165, 1.54) is 10.4 Å². The van der Waals surface area contributed by atoms with Crippen LogP contribution < -0.4 is 0 Å². The standard InChI is InChI=1S/C13H16N2OS2/c1-8-5-12(18-9(8)2)13(16)15(4)6-11-7-17-10(3)14-11/h5,7H,6H2,1-4H3. The van der Waals surface area contributed by atoms with E-state index in [9.17, 15) is 4.79 Å². The van der Waals surface area contributed by atoms with Crippen LogP contribution in [-0.4, -0.2) is 22.8 Å². The van der Waals surface area contributed by atoms with E-state index in [0.29, 0.717) is 6.54 Å². The van der Waals surface area contributed by atoms with Gasteiger partial charge in [-0.1, -0.05) is 0 Å². The zero-order chi connectivity index (χ0) is 13.3. The first-order chi connectivity index (χ1) is 8.47. The molecule has 3 nitrogen and oxygen atoms in total. The molecule has 0 fully saturated rings. The van der Waals surface area contributed by atoms with E-state index in [-0.39, 0.29) is 5.91 Å². The number of rotatable bonds is 3. The van der Waals surface area contributed by atoms with Crippen molar-refractivity contribution in [3.05, 3.63) is 37.5 Å². The Morgan fingerprint density at radius 3 is 2.61 bits per heavy atom. The Labute approximate surface area is 115 Å². The monoisotopic (exact) mass is 280 g/mol. The van der Waals surface area contributed by atoms with Crippen molar-refractivity contribution in [3.63, 3.8) is 0 Å². The maximum Gasteiger partial charge on any atom is 0.264 e. The quantitative estimate of drug-likeness (QED) is 0.863. The Kier molecular flexibility index (Phi) is 3.82. The molecule has 2 aromatic heterocycles.